The summed E-state index contributed by atoms with van der Waals surface area (Å²) in [5.74, 6) is -0.917. The molecule has 240 valence electrons. The first-order valence-electron chi connectivity index (χ1n) is 15.4. The van der Waals surface area contributed by atoms with Crippen molar-refractivity contribution < 1.29 is 21.9 Å². The molecule has 3 heterocycles. The highest BCUT2D eigenvalue weighted by molar-refractivity contribution is 9.10. The fourth-order valence-electron chi connectivity index (χ4n) is 6.36. The highest BCUT2D eigenvalue weighted by Gasteiger charge is 2.56. The van der Waals surface area contributed by atoms with Crippen LogP contribution in [0.5, 0.6) is 0 Å². The van der Waals surface area contributed by atoms with Crippen molar-refractivity contribution in [3.8, 4) is 11.3 Å². The molecule has 10 heteroatoms. The zero-order valence-electron chi connectivity index (χ0n) is 25.5. The van der Waals surface area contributed by atoms with Crippen LogP contribution in [0.4, 0.5) is 17.4 Å². The van der Waals surface area contributed by atoms with Crippen LogP contribution < -0.4 is 0 Å². The second-order valence-electron chi connectivity index (χ2n) is 11.5. The molecule has 2 aliphatic rings. The molecule has 0 saturated heterocycles. The molecular formula is C39H24BBrF4N2S2. The molecular weight excluding hydrogens is 727 g/mol. The van der Waals surface area contributed by atoms with Crippen LogP contribution in [0, 0.1) is 11.6 Å². The first-order valence-corrected chi connectivity index (χ1v) is 17.8. The second-order valence-corrected chi connectivity index (χ2v) is 14.7. The van der Waals surface area contributed by atoms with Crippen LogP contribution in [-0.2, 0) is 0 Å². The molecule has 0 radical (unpaired) electrons. The quantitative estimate of drug-likeness (QED) is 0.119. The molecule has 5 aromatic carbocycles. The van der Waals surface area contributed by atoms with Crippen LogP contribution in [0.1, 0.15) is 16.8 Å². The van der Waals surface area contributed by atoms with E-state index in [1.807, 2.05) is 97.1 Å². The maximum absolute atomic E-state index is 17.9. The number of aromatic nitrogens is 1. The average Bonchev–Trinajstić information content (AvgIpc) is 3.67. The van der Waals surface area contributed by atoms with Crippen LogP contribution >= 0.6 is 39.5 Å². The van der Waals surface area contributed by atoms with E-state index < -0.39 is 18.6 Å². The molecule has 0 bridgehead atoms. The first kappa shape index (κ1) is 31.7. The smallest absolute Gasteiger partial charge is 0.389 e. The van der Waals surface area contributed by atoms with Crippen LogP contribution in [0.25, 0.3) is 16.8 Å². The van der Waals surface area contributed by atoms with Crippen LogP contribution in [0.3, 0.4) is 0 Å². The van der Waals surface area contributed by atoms with Crippen molar-refractivity contribution in [2.24, 2.45) is 0 Å². The van der Waals surface area contributed by atoms with E-state index in [2.05, 4.69) is 15.9 Å². The Morgan fingerprint density at radius 2 is 1.14 bits per heavy atom. The Bertz CT molecular complexity index is 2300. The fraction of sp³-hybridized carbons (Fsp3) is 0. The van der Waals surface area contributed by atoms with Gasteiger partial charge in [0.1, 0.15) is 11.6 Å². The maximum Gasteiger partial charge on any atom is 0.738 e. The molecule has 0 aliphatic carbocycles. The standard InChI is InChI=1S/C39H24BBrF4N2S2/c41-28-17-11-25(12-18-28)37-33-23-35(48-31-7-3-1-4-8-31)38(26-13-19-29(42)20-14-26)46(33)40(44,45)47-34(37)24-36(49-32-9-5-2-6-10-32)39(47)27-15-21-30(43)22-16-27/h1-24H. The van der Waals surface area contributed by atoms with Crippen molar-refractivity contribution >= 4 is 57.7 Å². The Morgan fingerprint density at radius 3 is 1.73 bits per heavy atom. The van der Waals surface area contributed by atoms with E-state index in [0.717, 1.165) is 28.8 Å². The third-order valence-corrected chi connectivity index (χ3v) is 11.1. The average molecular weight is 751 g/mol. The summed E-state index contributed by atoms with van der Waals surface area (Å²) < 4.78 is 67.4. The van der Waals surface area contributed by atoms with Gasteiger partial charge in [0.15, 0.2) is 11.4 Å². The van der Waals surface area contributed by atoms with Crippen molar-refractivity contribution in [3.05, 3.63) is 189 Å². The summed E-state index contributed by atoms with van der Waals surface area (Å²) in [7, 11) is 0. The molecule has 0 spiro atoms. The number of benzene rings is 5. The van der Waals surface area contributed by atoms with E-state index in [9.17, 15) is 8.78 Å². The van der Waals surface area contributed by atoms with E-state index in [0.29, 0.717) is 37.9 Å². The van der Waals surface area contributed by atoms with Crippen LogP contribution in [0.15, 0.2) is 175 Å². The Kier molecular flexibility index (Phi) is 8.26. The van der Waals surface area contributed by atoms with Gasteiger partial charge in [0.25, 0.3) is 0 Å². The summed E-state index contributed by atoms with van der Waals surface area (Å²) in [6.45, 7) is -4.57. The molecule has 0 saturated carbocycles. The Morgan fingerprint density at radius 1 is 0.612 bits per heavy atom. The predicted octanol–water partition coefficient (Wildman–Crippen LogP) is 11.5. The zero-order valence-corrected chi connectivity index (χ0v) is 28.8. The van der Waals surface area contributed by atoms with Gasteiger partial charge in [-0.1, -0.05) is 100 Å². The number of nitrogens with zero attached hydrogens (tertiary/aromatic N) is 2. The molecule has 0 N–H and O–H groups in total. The number of fused-ring (bicyclic) bond motifs is 2. The number of hydrogen-bond donors (Lipinski definition) is 0. The van der Waals surface area contributed by atoms with Gasteiger partial charge in [0, 0.05) is 42.2 Å². The minimum Gasteiger partial charge on any atom is -0.389 e. The number of allylic oxidation sites excluding steroid dienone is 2. The van der Waals surface area contributed by atoms with E-state index in [1.165, 1.54) is 47.8 Å². The lowest BCUT2D eigenvalue weighted by Gasteiger charge is -2.33. The topological polar surface area (TPSA) is 7.94 Å². The van der Waals surface area contributed by atoms with Crippen molar-refractivity contribution in [1.82, 2.24) is 4.48 Å². The third kappa shape index (κ3) is 5.81. The minimum absolute atomic E-state index is 0.283. The molecule has 0 unspecified atom stereocenters. The first-order chi connectivity index (χ1) is 23.8. The van der Waals surface area contributed by atoms with Gasteiger partial charge in [-0.2, -0.15) is 0 Å². The molecule has 8 rings (SSSR count). The molecule has 2 nitrogen and oxygen atoms in total. The van der Waals surface area contributed by atoms with Gasteiger partial charge in [-0.05, 0) is 90.0 Å². The lowest BCUT2D eigenvalue weighted by Crippen LogP contribution is -2.51. The molecule has 0 amide bonds. The molecule has 0 atom stereocenters. The van der Waals surface area contributed by atoms with Crippen LogP contribution in [-0.4, -0.2) is 21.6 Å². The third-order valence-electron chi connectivity index (χ3n) is 8.45. The zero-order chi connectivity index (χ0) is 33.7. The predicted molar refractivity (Wildman–Crippen MR) is 195 cm³/mol. The summed E-state index contributed by atoms with van der Waals surface area (Å²) >= 11 is 6.29. The summed E-state index contributed by atoms with van der Waals surface area (Å²) in [5, 5.41) is 0. The lowest BCUT2D eigenvalue weighted by molar-refractivity contribution is -0.360. The summed E-state index contributed by atoms with van der Waals surface area (Å²) in [6.07, 6.45) is 1.82. The van der Waals surface area contributed by atoms with Gasteiger partial charge in [-0.3, -0.25) is 0 Å². The molecule has 0 fully saturated rings. The second kappa shape index (κ2) is 12.7. The van der Waals surface area contributed by atoms with E-state index in [4.69, 9.17) is 0 Å². The number of halogens is 5. The molecule has 6 aromatic rings. The minimum atomic E-state index is -4.57. The van der Waals surface area contributed by atoms with E-state index in [1.54, 1.807) is 24.3 Å². The summed E-state index contributed by atoms with van der Waals surface area (Å²) in [5.41, 5.74) is 3.54. The number of thioether (sulfide) groups is 1. The SMILES string of the molecule is Fc1ccc(C2=[N+]3C(=C(c4ccc(Br)cc4)c4cc(Sc5ccccc5)c(-c5ccc(F)cc5)n4[B-]3(F)F)C=C2Sc2ccccc2)cc1. The molecule has 2 aliphatic heterocycles. The number of hydrogen-bond acceptors (Lipinski definition) is 2. The van der Waals surface area contributed by atoms with Gasteiger partial charge < -0.3 is 17.6 Å². The van der Waals surface area contributed by atoms with Gasteiger partial charge in [0.05, 0.1) is 10.5 Å². The normalized spacial score (nSPS) is 14.9. The Balaban J connectivity index is 1.47. The van der Waals surface area contributed by atoms with Gasteiger partial charge in [-0.25, -0.2) is 8.78 Å². The summed E-state index contributed by atoms with van der Waals surface area (Å²) in [6, 6.07) is 39.9. The lowest BCUT2D eigenvalue weighted by atomic mass is 9.85. The van der Waals surface area contributed by atoms with Crippen molar-refractivity contribution in [1.29, 1.82) is 0 Å². The van der Waals surface area contributed by atoms with Crippen LogP contribution in [0.2, 0.25) is 0 Å². The largest absolute Gasteiger partial charge is 0.738 e. The highest BCUT2D eigenvalue weighted by atomic mass is 79.9. The van der Waals surface area contributed by atoms with Gasteiger partial charge in [-0.15, -0.1) is 0 Å². The Hall–Kier alpha value is -4.51. The Labute approximate surface area is 297 Å². The summed E-state index contributed by atoms with van der Waals surface area (Å²) in [4.78, 5) is 2.97. The fourth-order valence-corrected chi connectivity index (χ4v) is 8.68. The van der Waals surface area contributed by atoms with Crippen molar-refractivity contribution in [3.63, 3.8) is 0 Å². The van der Waals surface area contributed by atoms with Crippen molar-refractivity contribution in [2.75, 3.05) is 0 Å². The molecule has 49 heavy (non-hydrogen) atoms. The van der Waals surface area contributed by atoms with Gasteiger partial charge in [0.2, 0.25) is 0 Å². The van der Waals surface area contributed by atoms with E-state index >= 15 is 8.63 Å². The highest BCUT2D eigenvalue weighted by Crippen LogP contribution is 2.50. The van der Waals surface area contributed by atoms with Gasteiger partial charge >= 0.3 is 6.97 Å². The molecule has 1 aromatic heterocycles. The maximum atomic E-state index is 17.9. The monoisotopic (exact) mass is 750 g/mol. The number of rotatable bonds is 7. The van der Waals surface area contributed by atoms with E-state index in [-0.39, 0.29) is 11.4 Å². The van der Waals surface area contributed by atoms with Crippen molar-refractivity contribution in [2.45, 2.75) is 14.7 Å².